The van der Waals surface area contributed by atoms with Gasteiger partial charge < -0.3 is 9.15 Å². The molecule has 1 heterocycles. The van der Waals surface area contributed by atoms with Gasteiger partial charge in [-0.05, 0) is 69.4 Å². The second-order valence-corrected chi connectivity index (χ2v) is 9.80. The largest absolute Gasteiger partial charge is 0.425 e. The number of hydrogen-bond acceptors (Lipinski definition) is 6. The highest BCUT2D eigenvalue weighted by atomic mass is 32.2. The van der Waals surface area contributed by atoms with Crippen LogP contribution in [-0.4, -0.2) is 20.4 Å². The molecule has 0 amide bonds. The van der Waals surface area contributed by atoms with Crippen molar-refractivity contribution in [3.8, 4) is 5.75 Å². The number of aryl methyl sites for hydroxylation is 3. The number of nitrogens with one attached hydrogen (secondary N) is 1. The molecular weight excluding hydrogens is 430 g/mol. The molecule has 1 aliphatic carbocycles. The minimum atomic E-state index is -3.89. The summed E-state index contributed by atoms with van der Waals surface area (Å²) in [6, 6.07) is 8.74. The Morgan fingerprint density at radius 2 is 1.78 bits per heavy atom. The van der Waals surface area contributed by atoms with Crippen LogP contribution in [0.25, 0.3) is 11.0 Å². The van der Waals surface area contributed by atoms with Crippen molar-refractivity contribution in [1.82, 2.24) is 4.72 Å². The van der Waals surface area contributed by atoms with E-state index in [9.17, 15) is 18.0 Å². The number of carbonyl (C=O) groups is 1. The normalized spacial score (nSPS) is 14.3. The Balaban J connectivity index is 1.59. The van der Waals surface area contributed by atoms with Gasteiger partial charge in [0.15, 0.2) is 0 Å². The average Bonchev–Trinajstić information content (AvgIpc) is 3.26. The summed E-state index contributed by atoms with van der Waals surface area (Å²) in [5.41, 5.74) is 3.22. The quantitative estimate of drug-likeness (QED) is 0.346. The molecule has 0 bridgehead atoms. The lowest BCUT2D eigenvalue weighted by Gasteiger charge is -2.17. The molecule has 2 aromatic carbocycles. The number of benzene rings is 2. The molecular formula is C24H25NO6S. The van der Waals surface area contributed by atoms with Gasteiger partial charge in [0, 0.05) is 16.5 Å². The Labute approximate surface area is 186 Å². The second kappa shape index (κ2) is 8.52. The van der Waals surface area contributed by atoms with Gasteiger partial charge in [-0.3, -0.25) is 0 Å². The van der Waals surface area contributed by atoms with Gasteiger partial charge in [-0.15, -0.1) is 0 Å². The fourth-order valence-electron chi connectivity index (χ4n) is 4.02. The first kappa shape index (κ1) is 22.2. The zero-order chi connectivity index (χ0) is 23.0. The lowest BCUT2D eigenvalue weighted by molar-refractivity contribution is -0.136. The zero-order valence-corrected chi connectivity index (χ0v) is 19.0. The summed E-state index contributed by atoms with van der Waals surface area (Å²) in [4.78, 5) is 25.2. The van der Waals surface area contributed by atoms with Crippen molar-refractivity contribution >= 4 is 27.0 Å². The minimum Gasteiger partial charge on any atom is -0.425 e. The molecule has 1 atom stereocenters. The highest BCUT2D eigenvalue weighted by Gasteiger charge is 2.27. The summed E-state index contributed by atoms with van der Waals surface area (Å²) in [5.74, 6) is -0.495. The molecule has 0 radical (unpaired) electrons. The molecule has 4 rings (SSSR count). The topological polar surface area (TPSA) is 103 Å². The maximum atomic E-state index is 12.8. The fraction of sp³-hybridized carbons (Fsp3) is 0.333. The summed E-state index contributed by atoms with van der Waals surface area (Å²) < 4.78 is 38.9. The molecule has 1 aliphatic rings. The van der Waals surface area contributed by atoms with Gasteiger partial charge in [-0.2, -0.15) is 4.72 Å². The van der Waals surface area contributed by atoms with E-state index < -0.39 is 22.0 Å². The third-order valence-electron chi connectivity index (χ3n) is 5.87. The first-order chi connectivity index (χ1) is 15.2. The molecule has 7 nitrogen and oxygen atoms in total. The Kier molecular flexibility index (Phi) is 5.92. The summed E-state index contributed by atoms with van der Waals surface area (Å²) in [5, 5.41) is 0.849. The number of hydrogen-bond donors (Lipinski definition) is 1. The Morgan fingerprint density at radius 1 is 1.09 bits per heavy atom. The van der Waals surface area contributed by atoms with Gasteiger partial charge in [0.25, 0.3) is 0 Å². The number of esters is 1. The standard InChI is InChI=1S/C24H25NO6S/c1-4-20(25-32(28,29)16-10-8-14(2)9-11-16)24(27)30-21-13-12-18-17-6-5-7-19(17)23(26)31-22(18)15(21)3/h8-13,20,25H,4-7H2,1-3H3/t20-/m0/s1. The Morgan fingerprint density at radius 3 is 2.47 bits per heavy atom. The fourth-order valence-corrected chi connectivity index (χ4v) is 5.29. The first-order valence-electron chi connectivity index (χ1n) is 10.6. The van der Waals surface area contributed by atoms with Crippen molar-refractivity contribution in [2.24, 2.45) is 0 Å². The lowest BCUT2D eigenvalue weighted by atomic mass is 10.0. The van der Waals surface area contributed by atoms with Crippen LogP contribution < -0.4 is 15.1 Å². The van der Waals surface area contributed by atoms with Crippen molar-refractivity contribution in [2.75, 3.05) is 0 Å². The van der Waals surface area contributed by atoms with Gasteiger partial charge in [0.1, 0.15) is 17.4 Å². The number of carbonyl (C=O) groups excluding carboxylic acids is 1. The molecule has 3 aromatic rings. The highest BCUT2D eigenvalue weighted by molar-refractivity contribution is 7.89. The predicted molar refractivity (Wildman–Crippen MR) is 120 cm³/mol. The van der Waals surface area contributed by atoms with Crippen molar-refractivity contribution in [1.29, 1.82) is 0 Å². The molecule has 8 heteroatoms. The van der Waals surface area contributed by atoms with E-state index in [1.165, 1.54) is 12.1 Å². The average molecular weight is 456 g/mol. The van der Waals surface area contributed by atoms with Crippen LogP contribution in [0, 0.1) is 13.8 Å². The van der Waals surface area contributed by atoms with Crippen LogP contribution in [0.1, 0.15) is 42.0 Å². The van der Waals surface area contributed by atoms with E-state index in [1.54, 1.807) is 38.1 Å². The second-order valence-electron chi connectivity index (χ2n) is 8.08. The maximum absolute atomic E-state index is 12.8. The van der Waals surface area contributed by atoms with Crippen molar-refractivity contribution < 1.29 is 22.4 Å². The molecule has 168 valence electrons. The van der Waals surface area contributed by atoms with Crippen molar-refractivity contribution in [3.05, 3.63) is 69.1 Å². The number of ether oxygens (including phenoxy) is 1. The molecule has 0 saturated carbocycles. The highest BCUT2D eigenvalue weighted by Crippen LogP contribution is 2.33. The van der Waals surface area contributed by atoms with Gasteiger partial charge in [0.05, 0.1) is 4.90 Å². The molecule has 1 N–H and O–H groups in total. The Hall–Kier alpha value is -2.97. The van der Waals surface area contributed by atoms with Crippen LogP contribution in [0.4, 0.5) is 0 Å². The molecule has 0 spiro atoms. The molecule has 1 aromatic heterocycles. The van der Waals surface area contributed by atoms with Crippen LogP contribution >= 0.6 is 0 Å². The molecule has 0 unspecified atom stereocenters. The number of rotatable bonds is 6. The monoisotopic (exact) mass is 455 g/mol. The van der Waals surface area contributed by atoms with E-state index in [2.05, 4.69) is 4.72 Å². The summed E-state index contributed by atoms with van der Waals surface area (Å²) in [7, 11) is -3.89. The van der Waals surface area contributed by atoms with Gasteiger partial charge >= 0.3 is 11.6 Å². The zero-order valence-electron chi connectivity index (χ0n) is 18.2. The van der Waals surface area contributed by atoms with Crippen LogP contribution in [0.15, 0.2) is 50.5 Å². The lowest BCUT2D eigenvalue weighted by Crippen LogP contribution is -2.42. The SMILES string of the molecule is CC[C@H](NS(=O)(=O)c1ccc(C)cc1)C(=O)Oc1ccc2c3c(c(=O)oc2c1C)CCC3. The van der Waals surface area contributed by atoms with E-state index in [-0.39, 0.29) is 22.7 Å². The number of sulfonamides is 1. The smallest absolute Gasteiger partial charge is 0.339 e. The van der Waals surface area contributed by atoms with Crippen molar-refractivity contribution in [3.63, 3.8) is 0 Å². The minimum absolute atomic E-state index is 0.0758. The molecule has 32 heavy (non-hydrogen) atoms. The van der Waals surface area contributed by atoms with Gasteiger partial charge in [0.2, 0.25) is 10.0 Å². The van der Waals surface area contributed by atoms with Crippen LogP contribution in [-0.2, 0) is 27.7 Å². The van der Waals surface area contributed by atoms with Gasteiger partial charge in [-0.1, -0.05) is 24.6 Å². The van der Waals surface area contributed by atoms with E-state index >= 15 is 0 Å². The third kappa shape index (κ3) is 4.08. The molecule has 0 aliphatic heterocycles. The summed E-state index contributed by atoms with van der Waals surface area (Å²) in [6.07, 6.45) is 2.64. The maximum Gasteiger partial charge on any atom is 0.339 e. The van der Waals surface area contributed by atoms with E-state index in [0.717, 1.165) is 34.9 Å². The Bertz CT molecular complexity index is 1360. The summed E-state index contributed by atoms with van der Waals surface area (Å²) in [6.45, 7) is 5.27. The first-order valence-corrected chi connectivity index (χ1v) is 12.1. The van der Waals surface area contributed by atoms with Crippen LogP contribution in [0.3, 0.4) is 0 Å². The molecule has 0 fully saturated rings. The predicted octanol–water partition coefficient (Wildman–Crippen LogP) is 3.56. The summed E-state index contributed by atoms with van der Waals surface area (Å²) >= 11 is 0. The molecule has 0 saturated heterocycles. The third-order valence-corrected chi connectivity index (χ3v) is 7.36. The van der Waals surface area contributed by atoms with E-state index in [0.29, 0.717) is 17.6 Å². The van der Waals surface area contributed by atoms with Crippen molar-refractivity contribution in [2.45, 2.75) is 57.4 Å². The number of fused-ring (bicyclic) bond motifs is 3. The van der Waals surface area contributed by atoms with E-state index in [4.69, 9.17) is 9.15 Å². The van der Waals surface area contributed by atoms with Gasteiger partial charge in [-0.25, -0.2) is 18.0 Å². The van der Waals surface area contributed by atoms with Crippen LogP contribution in [0.5, 0.6) is 5.75 Å². The van der Waals surface area contributed by atoms with E-state index in [1.807, 2.05) is 6.92 Å². The van der Waals surface area contributed by atoms with Crippen LogP contribution in [0.2, 0.25) is 0 Å².